The van der Waals surface area contributed by atoms with Crippen molar-refractivity contribution in [2.75, 3.05) is 29.9 Å². The van der Waals surface area contributed by atoms with Crippen LogP contribution >= 0.6 is 11.3 Å². The van der Waals surface area contributed by atoms with Crippen LogP contribution in [0.1, 0.15) is 40.5 Å². The summed E-state index contributed by atoms with van der Waals surface area (Å²) in [5, 5.41) is 4.75. The lowest BCUT2D eigenvalue weighted by molar-refractivity contribution is -0.142. The average Bonchev–Trinajstić information content (AvgIpc) is 3.29. The largest absolute Gasteiger partial charge is 0.495 e. The van der Waals surface area contributed by atoms with E-state index in [2.05, 4.69) is 10.3 Å². The van der Waals surface area contributed by atoms with E-state index in [9.17, 15) is 18.0 Å². The van der Waals surface area contributed by atoms with Gasteiger partial charge in [0.15, 0.2) is 5.13 Å². The van der Waals surface area contributed by atoms with Crippen molar-refractivity contribution in [3.05, 3.63) is 64.2 Å². The molecule has 36 heavy (non-hydrogen) atoms. The molecule has 0 spiro atoms. The maximum atomic E-state index is 13.7. The van der Waals surface area contributed by atoms with Gasteiger partial charge in [0.1, 0.15) is 10.6 Å². The summed E-state index contributed by atoms with van der Waals surface area (Å²) in [5.41, 5.74) is 2.92. The van der Waals surface area contributed by atoms with Crippen LogP contribution in [0.15, 0.2) is 46.7 Å². The Kier molecular flexibility index (Phi) is 7.60. The molecule has 190 valence electrons. The number of sulfonamides is 1. The number of methoxy groups -OCH3 is 1. The number of ether oxygens (including phenoxy) is 2. The topological polar surface area (TPSA) is 115 Å². The molecule has 0 unspecified atom stereocenters. The van der Waals surface area contributed by atoms with Crippen molar-refractivity contribution < 1.29 is 27.5 Å². The summed E-state index contributed by atoms with van der Waals surface area (Å²) in [6.45, 7) is 4.13. The van der Waals surface area contributed by atoms with Crippen molar-refractivity contribution in [1.82, 2.24) is 4.98 Å². The number of aromatic nitrogens is 1. The van der Waals surface area contributed by atoms with E-state index < -0.39 is 15.9 Å². The molecule has 1 amide bonds. The molecule has 11 heteroatoms. The molecule has 0 aliphatic carbocycles. The van der Waals surface area contributed by atoms with Gasteiger partial charge in [0, 0.05) is 17.5 Å². The van der Waals surface area contributed by atoms with Gasteiger partial charge in [0.05, 0.1) is 31.5 Å². The van der Waals surface area contributed by atoms with Crippen LogP contribution < -0.4 is 14.4 Å². The highest BCUT2D eigenvalue weighted by molar-refractivity contribution is 7.93. The summed E-state index contributed by atoms with van der Waals surface area (Å²) >= 11 is 1.20. The van der Waals surface area contributed by atoms with Crippen molar-refractivity contribution in [1.29, 1.82) is 0 Å². The van der Waals surface area contributed by atoms with E-state index in [1.54, 1.807) is 48.7 Å². The van der Waals surface area contributed by atoms with E-state index in [4.69, 9.17) is 9.47 Å². The fourth-order valence-electron chi connectivity index (χ4n) is 4.01. The third-order valence-corrected chi connectivity index (χ3v) is 8.35. The molecule has 0 atom stereocenters. The highest BCUT2D eigenvalue weighted by atomic mass is 32.2. The zero-order chi connectivity index (χ0) is 25.9. The minimum atomic E-state index is -3.93. The monoisotopic (exact) mass is 529 g/mol. The number of esters is 1. The van der Waals surface area contributed by atoms with Gasteiger partial charge in [-0.3, -0.25) is 19.2 Å². The Morgan fingerprint density at radius 1 is 1.19 bits per heavy atom. The number of hydrogen-bond acceptors (Lipinski definition) is 8. The van der Waals surface area contributed by atoms with Gasteiger partial charge >= 0.3 is 5.97 Å². The number of anilines is 2. The Hall–Kier alpha value is -3.44. The molecule has 2 heterocycles. The molecule has 0 bridgehead atoms. The molecular weight excluding hydrogens is 502 g/mol. The number of aryl methyl sites for hydroxylation is 2. The number of nitrogens with zero attached hydrogens (tertiary/aromatic N) is 2. The predicted octanol–water partition coefficient (Wildman–Crippen LogP) is 3.96. The minimum absolute atomic E-state index is 0.0221. The number of hydrogen-bond donors (Lipinski definition) is 1. The summed E-state index contributed by atoms with van der Waals surface area (Å²) in [7, 11) is -2.49. The van der Waals surface area contributed by atoms with E-state index in [0.29, 0.717) is 41.5 Å². The minimum Gasteiger partial charge on any atom is -0.495 e. The van der Waals surface area contributed by atoms with Gasteiger partial charge in [-0.1, -0.05) is 12.1 Å². The number of benzene rings is 2. The Morgan fingerprint density at radius 3 is 2.75 bits per heavy atom. The molecule has 0 saturated carbocycles. The zero-order valence-electron chi connectivity index (χ0n) is 20.2. The van der Waals surface area contributed by atoms with E-state index in [-0.39, 0.29) is 29.6 Å². The van der Waals surface area contributed by atoms with Crippen molar-refractivity contribution in [3.63, 3.8) is 0 Å². The van der Waals surface area contributed by atoms with Crippen molar-refractivity contribution in [2.24, 2.45) is 0 Å². The molecule has 0 fully saturated rings. The van der Waals surface area contributed by atoms with Gasteiger partial charge in [-0.15, -0.1) is 11.3 Å². The summed E-state index contributed by atoms with van der Waals surface area (Å²) in [6, 6.07) is 10.1. The molecule has 0 radical (unpaired) electrons. The van der Waals surface area contributed by atoms with Crippen LogP contribution in [0.4, 0.5) is 10.8 Å². The van der Waals surface area contributed by atoms with Crippen LogP contribution in [0.5, 0.6) is 5.75 Å². The lowest BCUT2D eigenvalue weighted by atomic mass is 10.0. The van der Waals surface area contributed by atoms with E-state index in [1.165, 1.54) is 22.8 Å². The first-order valence-electron chi connectivity index (χ1n) is 11.4. The van der Waals surface area contributed by atoms with Gasteiger partial charge in [-0.25, -0.2) is 13.4 Å². The van der Waals surface area contributed by atoms with Crippen LogP contribution in [0, 0.1) is 6.92 Å². The van der Waals surface area contributed by atoms with E-state index in [1.807, 2.05) is 6.92 Å². The number of carbonyl (C=O) groups is 2. The van der Waals surface area contributed by atoms with Gasteiger partial charge in [0.25, 0.3) is 15.9 Å². The number of amides is 1. The maximum absolute atomic E-state index is 13.7. The smallest absolute Gasteiger partial charge is 0.311 e. The normalized spacial score (nSPS) is 13.1. The summed E-state index contributed by atoms with van der Waals surface area (Å²) < 4.78 is 39.0. The van der Waals surface area contributed by atoms with E-state index >= 15 is 0 Å². The first-order valence-corrected chi connectivity index (χ1v) is 13.8. The fraction of sp³-hybridized carbons (Fsp3) is 0.320. The van der Waals surface area contributed by atoms with Gasteiger partial charge in [-0.2, -0.15) is 0 Å². The van der Waals surface area contributed by atoms with Crippen LogP contribution in [0.25, 0.3) is 0 Å². The summed E-state index contributed by atoms with van der Waals surface area (Å²) in [4.78, 5) is 29.0. The molecule has 1 N–H and O–H groups in total. The molecular formula is C25H27N3O6S2. The average molecular weight is 530 g/mol. The highest BCUT2D eigenvalue weighted by Crippen LogP contribution is 2.36. The highest BCUT2D eigenvalue weighted by Gasteiger charge is 2.32. The SMILES string of the molecule is CCOC(=O)Cc1csc(NC(=O)c2ccc3c(c2)N(S(=O)(=O)c2cc(C)ccc2OC)CCC3)n1. The van der Waals surface area contributed by atoms with Crippen LogP contribution in [-0.2, 0) is 32.4 Å². The van der Waals surface area contributed by atoms with Crippen LogP contribution in [-0.4, -0.2) is 45.5 Å². The molecule has 1 aliphatic rings. The quantitative estimate of drug-likeness (QED) is 0.439. The number of fused-ring (bicyclic) bond motifs is 1. The number of thiazole rings is 1. The Bertz CT molecular complexity index is 1400. The van der Waals surface area contributed by atoms with Gasteiger partial charge in [0.2, 0.25) is 0 Å². The molecule has 9 nitrogen and oxygen atoms in total. The van der Waals surface area contributed by atoms with Gasteiger partial charge in [-0.05, 0) is 62.1 Å². The Balaban J connectivity index is 1.60. The molecule has 0 saturated heterocycles. The van der Waals surface area contributed by atoms with Crippen molar-refractivity contribution in [3.8, 4) is 5.75 Å². The fourth-order valence-corrected chi connectivity index (χ4v) is 6.49. The Morgan fingerprint density at radius 2 is 2.00 bits per heavy atom. The van der Waals surface area contributed by atoms with Crippen LogP contribution in [0.2, 0.25) is 0 Å². The zero-order valence-corrected chi connectivity index (χ0v) is 21.9. The molecule has 3 aromatic rings. The summed E-state index contributed by atoms with van der Waals surface area (Å²) in [5.74, 6) is -0.545. The second-order valence-electron chi connectivity index (χ2n) is 8.26. The number of rotatable bonds is 8. The predicted molar refractivity (Wildman–Crippen MR) is 137 cm³/mol. The van der Waals surface area contributed by atoms with Crippen molar-refractivity contribution >= 4 is 44.1 Å². The lowest BCUT2D eigenvalue weighted by Gasteiger charge is -2.31. The first kappa shape index (κ1) is 25.6. The summed E-state index contributed by atoms with van der Waals surface area (Å²) in [6.07, 6.45) is 1.39. The molecule has 1 aromatic heterocycles. The molecule has 4 rings (SSSR count). The Labute approximate surface area is 214 Å². The standard InChI is InChI=1S/C25H27N3O6S2/c1-4-34-23(29)14-19-15-35-25(26-19)27-24(30)18-9-8-17-6-5-11-28(20(17)13-18)36(31,32)22-12-16(2)7-10-21(22)33-3/h7-10,12-13,15H,4-6,11,14H2,1-3H3,(H,26,27,30). The third-order valence-electron chi connectivity index (χ3n) is 5.71. The second-order valence-corrected chi connectivity index (χ2v) is 10.9. The first-order chi connectivity index (χ1) is 17.2. The lowest BCUT2D eigenvalue weighted by Crippen LogP contribution is -2.36. The van der Waals surface area contributed by atoms with Crippen molar-refractivity contribution in [2.45, 2.75) is 38.0 Å². The second kappa shape index (κ2) is 10.7. The molecule has 1 aliphatic heterocycles. The van der Waals surface area contributed by atoms with Gasteiger partial charge < -0.3 is 9.47 Å². The third kappa shape index (κ3) is 5.36. The van der Waals surface area contributed by atoms with E-state index in [0.717, 1.165) is 11.1 Å². The molecule has 2 aromatic carbocycles. The number of nitrogens with one attached hydrogen (secondary N) is 1. The maximum Gasteiger partial charge on any atom is 0.311 e. The van der Waals surface area contributed by atoms with Crippen LogP contribution in [0.3, 0.4) is 0 Å². The number of carbonyl (C=O) groups excluding carboxylic acids is 2.